The molecule has 94 valence electrons. The largest absolute Gasteiger partial charge is 0.396 e. The Morgan fingerprint density at radius 2 is 2.24 bits per heavy atom. The fourth-order valence-electron chi connectivity index (χ4n) is 2.46. The van der Waals surface area contributed by atoms with Crippen LogP contribution < -0.4 is 5.32 Å². The zero-order valence-electron chi connectivity index (χ0n) is 10.1. The summed E-state index contributed by atoms with van der Waals surface area (Å²) in [6, 6.07) is 0.139. The summed E-state index contributed by atoms with van der Waals surface area (Å²) in [5, 5.41) is 16.3. The first-order chi connectivity index (χ1) is 8.22. The highest BCUT2D eigenvalue weighted by atomic mass is 32.1. The Morgan fingerprint density at radius 1 is 1.47 bits per heavy atom. The van der Waals surface area contributed by atoms with Crippen LogP contribution in [0.2, 0.25) is 0 Å². The van der Waals surface area contributed by atoms with E-state index >= 15 is 0 Å². The van der Waals surface area contributed by atoms with E-state index in [2.05, 4.69) is 5.32 Å². The van der Waals surface area contributed by atoms with Gasteiger partial charge in [-0.3, -0.25) is 4.79 Å². The number of aryl methyl sites for hydroxylation is 1. The van der Waals surface area contributed by atoms with Gasteiger partial charge >= 0.3 is 0 Å². The molecule has 2 atom stereocenters. The molecule has 0 radical (unpaired) electrons. The van der Waals surface area contributed by atoms with Crippen molar-refractivity contribution in [1.29, 1.82) is 0 Å². The molecule has 1 aromatic heterocycles. The van der Waals surface area contributed by atoms with E-state index in [9.17, 15) is 9.90 Å². The lowest BCUT2D eigenvalue weighted by atomic mass is 9.85. The van der Waals surface area contributed by atoms with Crippen molar-refractivity contribution in [1.82, 2.24) is 5.32 Å². The normalized spacial score (nSPS) is 24.6. The summed E-state index contributed by atoms with van der Waals surface area (Å²) in [5.41, 5.74) is 1.81. The Morgan fingerprint density at radius 3 is 2.88 bits per heavy atom. The zero-order chi connectivity index (χ0) is 12.3. The fraction of sp³-hybridized carbons (Fsp3) is 0.615. The van der Waals surface area contributed by atoms with Crippen molar-refractivity contribution >= 4 is 17.2 Å². The Labute approximate surface area is 106 Å². The average Bonchev–Trinajstić information content (AvgIpc) is 2.76. The van der Waals surface area contributed by atoms with Gasteiger partial charge in [-0.1, -0.05) is 12.8 Å². The van der Waals surface area contributed by atoms with Gasteiger partial charge in [0.1, 0.15) is 0 Å². The van der Waals surface area contributed by atoms with Gasteiger partial charge in [0.15, 0.2) is 0 Å². The molecule has 3 nitrogen and oxygen atoms in total. The van der Waals surface area contributed by atoms with E-state index in [1.165, 1.54) is 0 Å². The van der Waals surface area contributed by atoms with Crippen molar-refractivity contribution in [2.45, 2.75) is 38.6 Å². The predicted molar refractivity (Wildman–Crippen MR) is 69.4 cm³/mol. The highest BCUT2D eigenvalue weighted by molar-refractivity contribution is 7.08. The molecule has 0 saturated heterocycles. The minimum Gasteiger partial charge on any atom is -0.396 e. The molecule has 1 saturated carbocycles. The van der Waals surface area contributed by atoms with E-state index in [0.29, 0.717) is 0 Å². The third-order valence-corrected chi connectivity index (χ3v) is 4.42. The van der Waals surface area contributed by atoms with E-state index in [1.807, 2.05) is 17.7 Å². The Bertz CT molecular complexity index is 389. The van der Waals surface area contributed by atoms with Crippen LogP contribution in [0.3, 0.4) is 0 Å². The number of carbonyl (C=O) groups excluding carboxylic acids is 1. The number of carbonyl (C=O) groups is 1. The van der Waals surface area contributed by atoms with Crippen molar-refractivity contribution < 1.29 is 9.90 Å². The van der Waals surface area contributed by atoms with Gasteiger partial charge in [-0.25, -0.2) is 0 Å². The first-order valence-corrected chi connectivity index (χ1v) is 7.11. The lowest BCUT2D eigenvalue weighted by Crippen LogP contribution is -2.43. The van der Waals surface area contributed by atoms with Crippen LogP contribution in [0.5, 0.6) is 0 Å². The molecule has 1 aliphatic carbocycles. The van der Waals surface area contributed by atoms with Gasteiger partial charge in [0.2, 0.25) is 0 Å². The summed E-state index contributed by atoms with van der Waals surface area (Å²) in [6.07, 6.45) is 4.31. The van der Waals surface area contributed by atoms with Crippen LogP contribution in [-0.2, 0) is 0 Å². The first-order valence-electron chi connectivity index (χ1n) is 6.17. The molecule has 2 rings (SSSR count). The van der Waals surface area contributed by atoms with E-state index in [-0.39, 0.29) is 24.5 Å². The molecule has 1 amide bonds. The third-order valence-electron chi connectivity index (χ3n) is 3.56. The predicted octanol–water partition coefficient (Wildman–Crippen LogP) is 2.34. The minimum atomic E-state index is 0.00843. The first kappa shape index (κ1) is 12.6. The molecular weight excluding hydrogens is 234 g/mol. The molecule has 1 aliphatic rings. The average molecular weight is 253 g/mol. The number of rotatable bonds is 3. The van der Waals surface area contributed by atoms with Gasteiger partial charge in [-0.15, -0.1) is 0 Å². The number of thiophene rings is 1. The lowest BCUT2D eigenvalue weighted by Gasteiger charge is -2.30. The van der Waals surface area contributed by atoms with Crippen molar-refractivity contribution in [3.8, 4) is 0 Å². The van der Waals surface area contributed by atoms with Crippen molar-refractivity contribution in [3.63, 3.8) is 0 Å². The van der Waals surface area contributed by atoms with Gasteiger partial charge in [0.25, 0.3) is 5.91 Å². The standard InChI is InChI=1S/C13H19NO2S/c1-9-7-17-8-11(9)13(16)14-12-5-3-2-4-10(12)6-15/h7-8,10,12,15H,2-6H2,1H3,(H,14,16). The number of aliphatic hydroxyl groups is 1. The van der Waals surface area contributed by atoms with Gasteiger partial charge < -0.3 is 10.4 Å². The van der Waals surface area contributed by atoms with Gasteiger partial charge in [-0.2, -0.15) is 11.3 Å². The SMILES string of the molecule is Cc1cscc1C(=O)NC1CCCCC1CO. The van der Waals surface area contributed by atoms with Gasteiger partial charge in [0, 0.05) is 23.9 Å². The monoisotopic (exact) mass is 253 g/mol. The Hall–Kier alpha value is -0.870. The number of aliphatic hydroxyl groups excluding tert-OH is 1. The molecule has 0 spiro atoms. The topological polar surface area (TPSA) is 49.3 Å². The number of hydrogen-bond donors (Lipinski definition) is 2. The molecule has 0 bridgehead atoms. The molecular formula is C13H19NO2S. The zero-order valence-corrected chi connectivity index (χ0v) is 10.9. The van der Waals surface area contributed by atoms with Crippen LogP contribution in [0.25, 0.3) is 0 Å². The summed E-state index contributed by atoms with van der Waals surface area (Å²) in [4.78, 5) is 12.1. The molecule has 4 heteroatoms. The number of hydrogen-bond acceptors (Lipinski definition) is 3. The summed E-state index contributed by atoms with van der Waals surface area (Å²) >= 11 is 1.55. The third kappa shape index (κ3) is 2.87. The van der Waals surface area contributed by atoms with Crippen molar-refractivity contribution in [2.24, 2.45) is 5.92 Å². The summed E-state index contributed by atoms with van der Waals surface area (Å²) in [6.45, 7) is 2.13. The quantitative estimate of drug-likeness (QED) is 0.868. The Kier molecular flexibility index (Phi) is 4.18. The highest BCUT2D eigenvalue weighted by Gasteiger charge is 2.26. The van der Waals surface area contributed by atoms with E-state index < -0.39 is 0 Å². The fourth-order valence-corrected chi connectivity index (χ4v) is 3.28. The second kappa shape index (κ2) is 5.65. The molecule has 0 aromatic carbocycles. The smallest absolute Gasteiger partial charge is 0.252 e. The summed E-state index contributed by atoms with van der Waals surface area (Å²) in [7, 11) is 0. The Balaban J connectivity index is 2.00. The van der Waals surface area contributed by atoms with Crippen LogP contribution >= 0.6 is 11.3 Å². The van der Waals surface area contributed by atoms with Crippen molar-refractivity contribution in [2.75, 3.05) is 6.61 Å². The molecule has 2 unspecified atom stereocenters. The second-order valence-corrected chi connectivity index (χ2v) is 5.52. The molecule has 2 N–H and O–H groups in total. The van der Waals surface area contributed by atoms with E-state index in [4.69, 9.17) is 0 Å². The summed E-state index contributed by atoms with van der Waals surface area (Å²) < 4.78 is 0. The molecule has 1 heterocycles. The molecule has 1 aromatic rings. The van der Waals surface area contributed by atoms with E-state index in [0.717, 1.165) is 36.8 Å². The maximum Gasteiger partial charge on any atom is 0.252 e. The van der Waals surface area contributed by atoms with Crippen LogP contribution in [0.1, 0.15) is 41.6 Å². The van der Waals surface area contributed by atoms with Crippen molar-refractivity contribution in [3.05, 3.63) is 21.9 Å². The van der Waals surface area contributed by atoms with Crippen LogP contribution in [0, 0.1) is 12.8 Å². The van der Waals surface area contributed by atoms with Gasteiger partial charge in [-0.05, 0) is 30.7 Å². The van der Waals surface area contributed by atoms with Crippen LogP contribution in [-0.4, -0.2) is 23.7 Å². The second-order valence-electron chi connectivity index (χ2n) is 4.78. The number of nitrogens with one attached hydrogen (secondary N) is 1. The lowest BCUT2D eigenvalue weighted by molar-refractivity contribution is 0.0872. The van der Waals surface area contributed by atoms with E-state index in [1.54, 1.807) is 11.3 Å². The van der Waals surface area contributed by atoms with Crippen LogP contribution in [0.15, 0.2) is 10.8 Å². The van der Waals surface area contributed by atoms with Crippen LogP contribution in [0.4, 0.5) is 0 Å². The molecule has 1 fully saturated rings. The maximum absolute atomic E-state index is 12.1. The van der Waals surface area contributed by atoms with Gasteiger partial charge in [0.05, 0.1) is 5.56 Å². The number of amides is 1. The maximum atomic E-state index is 12.1. The highest BCUT2D eigenvalue weighted by Crippen LogP contribution is 2.24. The molecule has 17 heavy (non-hydrogen) atoms. The molecule has 0 aliphatic heterocycles. The summed E-state index contributed by atoms with van der Waals surface area (Å²) in [5.74, 6) is 0.237. The minimum absolute atomic E-state index is 0.00843.